The number of hydrogen-bond donors (Lipinski definition) is 1. The largest absolute Gasteiger partial charge is 0.334 e. The molecule has 0 fully saturated rings. The zero-order valence-corrected chi connectivity index (χ0v) is 13.2. The number of nitrogens with zero attached hydrogens (tertiary/aromatic N) is 1. The molecule has 0 saturated heterocycles. The highest BCUT2D eigenvalue weighted by Crippen LogP contribution is 2.14. The van der Waals surface area contributed by atoms with Crippen LogP contribution in [0.25, 0.3) is 0 Å². The van der Waals surface area contributed by atoms with E-state index in [-0.39, 0.29) is 11.9 Å². The Labute approximate surface area is 123 Å². The average Bonchev–Trinajstić information content (AvgIpc) is 2.43. The summed E-state index contributed by atoms with van der Waals surface area (Å²) >= 11 is 0. The Bertz CT molecular complexity index is 403. The predicted octanol–water partition coefficient (Wildman–Crippen LogP) is 3.19. The Morgan fingerprint density at radius 3 is 2.30 bits per heavy atom. The molecule has 112 valence electrons. The zero-order chi connectivity index (χ0) is 15.1. The summed E-state index contributed by atoms with van der Waals surface area (Å²) in [6.07, 6.45) is 1.67. The molecule has 0 heterocycles. The number of amides is 1. The SMILES string of the molecule is CCC(C)N(Cc1ccccc1)C(=O)C(N)CC(C)C. The van der Waals surface area contributed by atoms with Gasteiger partial charge in [0.2, 0.25) is 5.91 Å². The summed E-state index contributed by atoms with van der Waals surface area (Å²) in [6, 6.07) is 9.91. The van der Waals surface area contributed by atoms with Gasteiger partial charge in [0.05, 0.1) is 6.04 Å². The van der Waals surface area contributed by atoms with E-state index in [2.05, 4.69) is 39.8 Å². The van der Waals surface area contributed by atoms with Gasteiger partial charge in [-0.3, -0.25) is 4.79 Å². The number of benzene rings is 1. The van der Waals surface area contributed by atoms with Crippen molar-refractivity contribution < 1.29 is 4.79 Å². The Morgan fingerprint density at radius 1 is 1.20 bits per heavy atom. The van der Waals surface area contributed by atoms with Crippen LogP contribution in [0, 0.1) is 5.92 Å². The van der Waals surface area contributed by atoms with E-state index in [9.17, 15) is 4.79 Å². The normalized spacial score (nSPS) is 14.1. The first-order valence-electron chi connectivity index (χ1n) is 7.55. The number of carbonyl (C=O) groups excluding carboxylic acids is 1. The summed E-state index contributed by atoms with van der Waals surface area (Å²) in [5, 5.41) is 0. The fourth-order valence-electron chi connectivity index (χ4n) is 2.27. The number of carbonyl (C=O) groups is 1. The first-order chi connectivity index (χ1) is 9.45. The maximum Gasteiger partial charge on any atom is 0.240 e. The van der Waals surface area contributed by atoms with E-state index < -0.39 is 6.04 Å². The molecule has 0 bridgehead atoms. The van der Waals surface area contributed by atoms with Crippen molar-refractivity contribution in [2.75, 3.05) is 0 Å². The molecule has 1 amide bonds. The lowest BCUT2D eigenvalue weighted by molar-refractivity contribution is -0.135. The molecule has 0 aromatic heterocycles. The van der Waals surface area contributed by atoms with Crippen LogP contribution in [0.3, 0.4) is 0 Å². The zero-order valence-electron chi connectivity index (χ0n) is 13.2. The van der Waals surface area contributed by atoms with E-state index in [0.29, 0.717) is 12.5 Å². The van der Waals surface area contributed by atoms with Crippen LogP contribution in [0.1, 0.15) is 46.1 Å². The van der Waals surface area contributed by atoms with Crippen LogP contribution in [0.2, 0.25) is 0 Å². The van der Waals surface area contributed by atoms with E-state index in [4.69, 9.17) is 5.73 Å². The summed E-state index contributed by atoms with van der Waals surface area (Å²) in [4.78, 5) is 14.5. The lowest BCUT2D eigenvalue weighted by Gasteiger charge is -2.31. The van der Waals surface area contributed by atoms with Gasteiger partial charge in [0.15, 0.2) is 0 Å². The molecule has 20 heavy (non-hydrogen) atoms. The smallest absolute Gasteiger partial charge is 0.240 e. The third-order valence-electron chi connectivity index (χ3n) is 3.64. The predicted molar refractivity (Wildman–Crippen MR) is 84.2 cm³/mol. The highest BCUT2D eigenvalue weighted by molar-refractivity contribution is 5.81. The third-order valence-corrected chi connectivity index (χ3v) is 3.64. The van der Waals surface area contributed by atoms with E-state index in [1.807, 2.05) is 23.1 Å². The molecule has 0 aliphatic heterocycles. The molecule has 2 unspecified atom stereocenters. The minimum atomic E-state index is -0.396. The number of nitrogens with two attached hydrogens (primary N) is 1. The van der Waals surface area contributed by atoms with Crippen molar-refractivity contribution >= 4 is 5.91 Å². The highest BCUT2D eigenvalue weighted by atomic mass is 16.2. The molecule has 2 N–H and O–H groups in total. The quantitative estimate of drug-likeness (QED) is 0.831. The van der Waals surface area contributed by atoms with E-state index in [1.165, 1.54) is 0 Å². The third kappa shape index (κ3) is 4.97. The molecule has 0 saturated carbocycles. The van der Waals surface area contributed by atoms with Crippen LogP contribution >= 0.6 is 0 Å². The van der Waals surface area contributed by atoms with Gasteiger partial charge in [-0.2, -0.15) is 0 Å². The molecule has 1 rings (SSSR count). The van der Waals surface area contributed by atoms with Crippen LogP contribution in [0.15, 0.2) is 30.3 Å². The maximum atomic E-state index is 12.6. The second kappa shape index (κ2) is 8.05. The van der Waals surface area contributed by atoms with Crippen molar-refractivity contribution in [3.63, 3.8) is 0 Å². The Balaban J connectivity index is 2.81. The lowest BCUT2D eigenvalue weighted by atomic mass is 10.0. The van der Waals surface area contributed by atoms with Gasteiger partial charge < -0.3 is 10.6 Å². The molecule has 0 spiro atoms. The van der Waals surface area contributed by atoms with Crippen LogP contribution in [0.5, 0.6) is 0 Å². The van der Waals surface area contributed by atoms with Crippen molar-refractivity contribution in [2.24, 2.45) is 11.7 Å². The van der Waals surface area contributed by atoms with Crippen LogP contribution < -0.4 is 5.73 Å². The van der Waals surface area contributed by atoms with Crippen molar-refractivity contribution in [3.05, 3.63) is 35.9 Å². The average molecular weight is 276 g/mol. The molecule has 3 heteroatoms. The minimum absolute atomic E-state index is 0.0666. The standard InChI is InChI=1S/C17H28N2O/c1-5-14(4)19(12-15-9-7-6-8-10-15)17(20)16(18)11-13(2)3/h6-10,13-14,16H,5,11-12,18H2,1-4H3. The second-order valence-corrected chi connectivity index (χ2v) is 5.95. The first-order valence-corrected chi connectivity index (χ1v) is 7.55. The Kier molecular flexibility index (Phi) is 6.73. The number of rotatable bonds is 7. The number of hydrogen-bond acceptors (Lipinski definition) is 2. The summed E-state index contributed by atoms with van der Waals surface area (Å²) in [7, 11) is 0. The van der Waals surface area contributed by atoms with Crippen molar-refractivity contribution in [2.45, 2.75) is 59.2 Å². The summed E-state index contributed by atoms with van der Waals surface area (Å²) in [5.41, 5.74) is 7.22. The van der Waals surface area contributed by atoms with E-state index in [0.717, 1.165) is 18.4 Å². The fraction of sp³-hybridized carbons (Fsp3) is 0.588. The van der Waals surface area contributed by atoms with Gasteiger partial charge in [0.25, 0.3) is 0 Å². The topological polar surface area (TPSA) is 46.3 Å². The van der Waals surface area contributed by atoms with Gasteiger partial charge >= 0.3 is 0 Å². The fourth-order valence-corrected chi connectivity index (χ4v) is 2.27. The van der Waals surface area contributed by atoms with Gasteiger partial charge in [0.1, 0.15) is 0 Å². The van der Waals surface area contributed by atoms with E-state index >= 15 is 0 Å². The van der Waals surface area contributed by atoms with E-state index in [1.54, 1.807) is 0 Å². The summed E-state index contributed by atoms with van der Waals surface area (Å²) in [6.45, 7) is 9.02. The summed E-state index contributed by atoms with van der Waals surface area (Å²) < 4.78 is 0. The minimum Gasteiger partial charge on any atom is -0.334 e. The van der Waals surface area contributed by atoms with Gasteiger partial charge in [-0.25, -0.2) is 0 Å². The van der Waals surface area contributed by atoms with Crippen molar-refractivity contribution in [1.29, 1.82) is 0 Å². The van der Waals surface area contributed by atoms with Crippen molar-refractivity contribution in [3.8, 4) is 0 Å². The first kappa shape index (κ1) is 16.7. The van der Waals surface area contributed by atoms with Gasteiger partial charge in [-0.05, 0) is 31.2 Å². The molecule has 1 aromatic rings. The molecule has 0 aliphatic rings. The molecule has 2 atom stereocenters. The molecule has 1 aromatic carbocycles. The Hall–Kier alpha value is -1.35. The molecule has 0 aliphatic carbocycles. The molecule has 3 nitrogen and oxygen atoms in total. The second-order valence-electron chi connectivity index (χ2n) is 5.95. The van der Waals surface area contributed by atoms with Crippen LogP contribution in [0.4, 0.5) is 0 Å². The Morgan fingerprint density at radius 2 is 1.80 bits per heavy atom. The summed E-state index contributed by atoms with van der Waals surface area (Å²) in [5.74, 6) is 0.501. The molecule has 0 radical (unpaired) electrons. The van der Waals surface area contributed by atoms with Gasteiger partial charge in [-0.1, -0.05) is 51.1 Å². The highest BCUT2D eigenvalue weighted by Gasteiger charge is 2.25. The van der Waals surface area contributed by atoms with Gasteiger partial charge in [0, 0.05) is 12.6 Å². The van der Waals surface area contributed by atoms with Crippen molar-refractivity contribution in [1.82, 2.24) is 4.90 Å². The maximum absolute atomic E-state index is 12.6. The van der Waals surface area contributed by atoms with Crippen LogP contribution in [-0.4, -0.2) is 22.9 Å². The molecular weight excluding hydrogens is 248 g/mol. The lowest BCUT2D eigenvalue weighted by Crippen LogP contribution is -2.47. The van der Waals surface area contributed by atoms with Crippen LogP contribution in [-0.2, 0) is 11.3 Å². The monoisotopic (exact) mass is 276 g/mol. The van der Waals surface area contributed by atoms with Gasteiger partial charge in [-0.15, -0.1) is 0 Å². The molecular formula is C17H28N2O.